The minimum Gasteiger partial charge on any atom is -0.368 e. The third-order valence-corrected chi connectivity index (χ3v) is 6.86. The minimum absolute atomic E-state index is 0.0162. The lowest BCUT2D eigenvalue weighted by atomic mass is 9.96. The van der Waals surface area contributed by atoms with Crippen molar-refractivity contribution in [3.63, 3.8) is 0 Å². The molecule has 2 atom stereocenters. The van der Waals surface area contributed by atoms with Crippen molar-refractivity contribution >= 4 is 29.0 Å². The van der Waals surface area contributed by atoms with Gasteiger partial charge in [-0.15, -0.1) is 0 Å². The summed E-state index contributed by atoms with van der Waals surface area (Å²) in [6.07, 6.45) is -4.69. The lowest BCUT2D eigenvalue weighted by molar-refractivity contribution is -0.173. The molecule has 10 heteroatoms. The molecule has 2 aliphatic heterocycles. The van der Waals surface area contributed by atoms with E-state index in [0.717, 1.165) is 21.5 Å². The van der Waals surface area contributed by atoms with Gasteiger partial charge in [-0.1, -0.05) is 47.5 Å². The van der Waals surface area contributed by atoms with Crippen LogP contribution in [-0.2, 0) is 0 Å². The van der Waals surface area contributed by atoms with Gasteiger partial charge in [0.05, 0.1) is 6.04 Å². The lowest BCUT2D eigenvalue weighted by Gasteiger charge is -2.35. The molecule has 2 aliphatic rings. The Kier molecular flexibility index (Phi) is 6.13. The molecule has 1 amide bonds. The SMILES string of the molecule is Cc1ccc([C@@H]2C[C@H](C(F)(F)F)n3nc(C(=O)N4CCN(c5cccc(Cl)c5)CC4)cc3N2)cc1. The normalized spacial score (nSPS) is 20.4. The quantitative estimate of drug-likeness (QED) is 0.515. The maximum atomic E-state index is 14.0. The van der Waals surface area contributed by atoms with Crippen LogP contribution in [0.25, 0.3) is 0 Å². The molecule has 1 saturated heterocycles. The highest BCUT2D eigenvalue weighted by Crippen LogP contribution is 2.43. The van der Waals surface area contributed by atoms with Gasteiger partial charge in [-0.2, -0.15) is 18.3 Å². The van der Waals surface area contributed by atoms with Gasteiger partial charge in [0.1, 0.15) is 5.82 Å². The molecule has 0 spiro atoms. The van der Waals surface area contributed by atoms with Crippen LogP contribution in [0.4, 0.5) is 24.7 Å². The summed E-state index contributed by atoms with van der Waals surface area (Å²) in [5, 5.41) is 7.91. The molecule has 0 radical (unpaired) electrons. The maximum absolute atomic E-state index is 14.0. The Bertz CT molecular complexity index is 1220. The van der Waals surface area contributed by atoms with Crippen LogP contribution in [0.2, 0.25) is 5.02 Å². The molecule has 0 aliphatic carbocycles. The second-order valence-corrected chi connectivity index (χ2v) is 9.46. The molecule has 3 heterocycles. The van der Waals surface area contributed by atoms with Gasteiger partial charge in [0.25, 0.3) is 5.91 Å². The van der Waals surface area contributed by atoms with E-state index in [0.29, 0.717) is 31.2 Å². The van der Waals surface area contributed by atoms with Crippen LogP contribution in [-0.4, -0.2) is 52.9 Å². The number of fused-ring (bicyclic) bond motifs is 1. The summed E-state index contributed by atoms with van der Waals surface area (Å²) in [6, 6.07) is 14.0. The molecule has 0 unspecified atom stereocenters. The zero-order valence-electron chi connectivity index (χ0n) is 19.1. The van der Waals surface area contributed by atoms with Crippen molar-refractivity contribution in [1.82, 2.24) is 14.7 Å². The van der Waals surface area contributed by atoms with Crippen molar-refractivity contribution < 1.29 is 18.0 Å². The number of aromatic nitrogens is 2. The zero-order chi connectivity index (χ0) is 24.7. The first-order valence-electron chi connectivity index (χ1n) is 11.5. The predicted octanol–water partition coefficient (Wildman–Crippen LogP) is 5.47. The molecule has 0 saturated carbocycles. The fourth-order valence-corrected chi connectivity index (χ4v) is 4.88. The molecular formula is C25H25ClF3N5O. The second kappa shape index (κ2) is 9.11. The molecule has 1 aromatic heterocycles. The highest BCUT2D eigenvalue weighted by molar-refractivity contribution is 6.30. The molecule has 3 aromatic rings. The van der Waals surface area contributed by atoms with Gasteiger partial charge in [0, 0.05) is 49.4 Å². The first-order chi connectivity index (χ1) is 16.7. The van der Waals surface area contributed by atoms with Crippen molar-refractivity contribution in [1.29, 1.82) is 0 Å². The fraction of sp³-hybridized carbons (Fsp3) is 0.360. The maximum Gasteiger partial charge on any atom is 0.410 e. The Hall–Kier alpha value is -3.20. The number of amides is 1. The molecule has 2 aromatic carbocycles. The Morgan fingerprint density at radius 2 is 1.77 bits per heavy atom. The van der Waals surface area contributed by atoms with Crippen LogP contribution in [0.1, 0.15) is 40.1 Å². The van der Waals surface area contributed by atoms with Crippen molar-refractivity contribution in [2.24, 2.45) is 0 Å². The predicted molar refractivity (Wildman–Crippen MR) is 129 cm³/mol. The van der Waals surface area contributed by atoms with E-state index in [1.54, 1.807) is 11.0 Å². The zero-order valence-corrected chi connectivity index (χ0v) is 19.9. The van der Waals surface area contributed by atoms with Gasteiger partial charge in [-0.3, -0.25) is 4.79 Å². The highest BCUT2D eigenvalue weighted by Gasteiger charge is 2.47. The van der Waals surface area contributed by atoms with Crippen LogP contribution < -0.4 is 10.2 Å². The number of halogens is 4. The van der Waals surface area contributed by atoms with E-state index in [1.807, 2.05) is 49.4 Å². The number of aryl methyl sites for hydroxylation is 1. The summed E-state index contributed by atoms with van der Waals surface area (Å²) in [5.74, 6) is -0.169. The summed E-state index contributed by atoms with van der Waals surface area (Å²) in [7, 11) is 0. The molecule has 1 fully saturated rings. The molecule has 5 rings (SSSR count). The Balaban J connectivity index is 1.34. The van der Waals surface area contributed by atoms with E-state index in [1.165, 1.54) is 6.07 Å². The number of hydrogen-bond donors (Lipinski definition) is 1. The smallest absolute Gasteiger partial charge is 0.368 e. The minimum atomic E-state index is -4.49. The summed E-state index contributed by atoms with van der Waals surface area (Å²) in [4.78, 5) is 16.9. The van der Waals surface area contributed by atoms with E-state index in [9.17, 15) is 18.0 Å². The van der Waals surface area contributed by atoms with Crippen LogP contribution in [0.5, 0.6) is 0 Å². The van der Waals surface area contributed by atoms with Gasteiger partial charge in [0.15, 0.2) is 11.7 Å². The molecule has 35 heavy (non-hydrogen) atoms. The van der Waals surface area contributed by atoms with Gasteiger partial charge in [-0.05, 0) is 30.7 Å². The second-order valence-electron chi connectivity index (χ2n) is 9.02. The summed E-state index contributed by atoms with van der Waals surface area (Å²) < 4.78 is 42.8. The molecule has 0 bridgehead atoms. The van der Waals surface area contributed by atoms with Crippen molar-refractivity contribution in [3.05, 3.63) is 76.4 Å². The standard InChI is InChI=1S/C25H25ClF3N5O/c1-16-5-7-17(8-6-16)20-14-22(25(27,28)29)34-23(30-20)15-21(31-34)24(35)33-11-9-32(10-12-33)19-4-2-3-18(26)13-19/h2-8,13,15,20,22,30H,9-12,14H2,1H3/t20-,22+/m0/s1. The topological polar surface area (TPSA) is 53.4 Å². The average molecular weight is 504 g/mol. The molecule has 184 valence electrons. The summed E-state index contributed by atoms with van der Waals surface area (Å²) in [5.41, 5.74) is 2.79. The van der Waals surface area contributed by atoms with E-state index in [4.69, 9.17) is 11.6 Å². The number of anilines is 2. The van der Waals surface area contributed by atoms with Crippen LogP contribution >= 0.6 is 11.6 Å². The van der Waals surface area contributed by atoms with Crippen LogP contribution in [0.15, 0.2) is 54.6 Å². The van der Waals surface area contributed by atoms with Crippen molar-refractivity contribution in [3.8, 4) is 0 Å². The Morgan fingerprint density at radius 3 is 2.43 bits per heavy atom. The van der Waals surface area contributed by atoms with Crippen LogP contribution in [0.3, 0.4) is 0 Å². The molecular weight excluding hydrogens is 479 g/mol. The number of nitrogens with one attached hydrogen (secondary N) is 1. The van der Waals surface area contributed by atoms with Gasteiger partial charge in [0.2, 0.25) is 0 Å². The van der Waals surface area contributed by atoms with Gasteiger partial charge in [-0.25, -0.2) is 4.68 Å². The highest BCUT2D eigenvalue weighted by atomic mass is 35.5. The Labute approximate surface area is 206 Å². The Morgan fingerprint density at radius 1 is 1.06 bits per heavy atom. The third-order valence-electron chi connectivity index (χ3n) is 6.63. The molecule has 1 N–H and O–H groups in total. The monoisotopic (exact) mass is 503 g/mol. The number of benzene rings is 2. The van der Waals surface area contributed by atoms with E-state index in [2.05, 4.69) is 15.3 Å². The average Bonchev–Trinajstić information content (AvgIpc) is 3.27. The first kappa shape index (κ1) is 23.5. The van der Waals surface area contributed by atoms with Crippen molar-refractivity contribution in [2.45, 2.75) is 31.6 Å². The first-order valence-corrected chi connectivity index (χ1v) is 11.9. The van der Waals surface area contributed by atoms with Crippen LogP contribution in [0, 0.1) is 6.92 Å². The summed E-state index contributed by atoms with van der Waals surface area (Å²) in [6.45, 7) is 4.00. The lowest BCUT2D eigenvalue weighted by Crippen LogP contribution is -2.49. The fourth-order valence-electron chi connectivity index (χ4n) is 4.70. The number of rotatable bonds is 3. The van der Waals surface area contributed by atoms with E-state index >= 15 is 0 Å². The molecule has 6 nitrogen and oxygen atoms in total. The number of carbonyl (C=O) groups excluding carboxylic acids is 1. The number of carbonyl (C=O) groups is 1. The number of nitrogens with zero attached hydrogens (tertiary/aromatic N) is 4. The number of piperazine rings is 1. The van der Waals surface area contributed by atoms with E-state index < -0.39 is 18.3 Å². The largest absolute Gasteiger partial charge is 0.410 e. The summed E-state index contributed by atoms with van der Waals surface area (Å²) >= 11 is 6.09. The number of hydrogen-bond acceptors (Lipinski definition) is 4. The van der Waals surface area contributed by atoms with Gasteiger partial charge >= 0.3 is 6.18 Å². The van der Waals surface area contributed by atoms with Crippen molar-refractivity contribution in [2.75, 3.05) is 36.4 Å². The van der Waals surface area contributed by atoms with Gasteiger partial charge < -0.3 is 15.1 Å². The third kappa shape index (κ3) is 4.82. The van der Waals surface area contributed by atoms with E-state index in [-0.39, 0.29) is 23.8 Å². The number of alkyl halides is 3.